The fourth-order valence-corrected chi connectivity index (χ4v) is 3.70. The zero-order chi connectivity index (χ0) is 12.5. The number of rotatable bonds is 2. The minimum absolute atomic E-state index is 0.598. The van der Waals surface area contributed by atoms with Crippen molar-refractivity contribution in [2.24, 2.45) is 5.92 Å². The van der Waals surface area contributed by atoms with Crippen molar-refractivity contribution in [1.82, 2.24) is 14.5 Å². The predicted octanol–water partition coefficient (Wildman–Crippen LogP) is 2.47. The smallest absolute Gasteiger partial charge is 0.202 e. The van der Waals surface area contributed by atoms with E-state index >= 15 is 0 Å². The van der Waals surface area contributed by atoms with Gasteiger partial charge in [0.2, 0.25) is 5.95 Å². The molecular weight excluding hydrogens is 244 g/mol. The van der Waals surface area contributed by atoms with Crippen LogP contribution >= 0.6 is 11.8 Å². The molecule has 3 heterocycles. The highest BCUT2D eigenvalue weighted by Gasteiger charge is 2.17. The average Bonchev–Trinajstić information content (AvgIpc) is 2.66. The number of fused-ring (bicyclic) bond motifs is 1. The molecule has 0 atom stereocenters. The van der Waals surface area contributed by atoms with Crippen molar-refractivity contribution >= 4 is 28.9 Å². The minimum atomic E-state index is 0.598. The molecule has 2 aromatic heterocycles. The highest BCUT2D eigenvalue weighted by atomic mass is 32.2. The number of aromatic nitrogens is 3. The molecule has 18 heavy (non-hydrogen) atoms. The van der Waals surface area contributed by atoms with E-state index in [0.717, 1.165) is 23.3 Å². The maximum absolute atomic E-state index is 6.03. The molecule has 0 amide bonds. The third-order valence-electron chi connectivity index (χ3n) is 3.53. The molecule has 2 aromatic rings. The first-order chi connectivity index (χ1) is 8.74. The van der Waals surface area contributed by atoms with Crippen LogP contribution in [0.25, 0.3) is 11.2 Å². The Labute approximate surface area is 111 Å². The molecule has 0 saturated carbocycles. The van der Waals surface area contributed by atoms with E-state index in [4.69, 9.17) is 5.73 Å². The fraction of sp³-hybridized carbons (Fsp3) is 0.538. The molecule has 1 fully saturated rings. The number of pyridine rings is 1. The fourth-order valence-electron chi connectivity index (χ4n) is 2.50. The van der Waals surface area contributed by atoms with E-state index in [-0.39, 0.29) is 0 Å². The van der Waals surface area contributed by atoms with Crippen LogP contribution in [0.4, 0.5) is 5.95 Å². The van der Waals surface area contributed by atoms with Crippen LogP contribution in [0.2, 0.25) is 0 Å². The number of thioether (sulfide) groups is 1. The van der Waals surface area contributed by atoms with Gasteiger partial charge >= 0.3 is 0 Å². The molecule has 2 N–H and O–H groups in total. The van der Waals surface area contributed by atoms with Gasteiger partial charge in [-0.1, -0.05) is 0 Å². The third-order valence-corrected chi connectivity index (χ3v) is 4.58. The summed E-state index contributed by atoms with van der Waals surface area (Å²) in [6.45, 7) is 2.99. The summed E-state index contributed by atoms with van der Waals surface area (Å²) in [5.41, 5.74) is 9.00. The van der Waals surface area contributed by atoms with Gasteiger partial charge in [0.25, 0.3) is 0 Å². The molecule has 1 aliphatic rings. The molecule has 0 aromatic carbocycles. The lowest BCUT2D eigenvalue weighted by molar-refractivity contribution is 0.424. The number of hydrogen-bond acceptors (Lipinski definition) is 4. The zero-order valence-corrected chi connectivity index (χ0v) is 11.4. The van der Waals surface area contributed by atoms with Crippen molar-refractivity contribution in [3.8, 4) is 0 Å². The molecule has 3 rings (SSSR count). The van der Waals surface area contributed by atoms with Gasteiger partial charge in [0.15, 0.2) is 5.65 Å². The minimum Gasteiger partial charge on any atom is -0.369 e. The van der Waals surface area contributed by atoms with Crippen LogP contribution in [0.3, 0.4) is 0 Å². The molecule has 0 spiro atoms. The van der Waals surface area contributed by atoms with Crippen LogP contribution in [0.5, 0.6) is 0 Å². The molecule has 0 bridgehead atoms. The van der Waals surface area contributed by atoms with Gasteiger partial charge in [-0.25, -0.2) is 9.97 Å². The van der Waals surface area contributed by atoms with Crippen molar-refractivity contribution in [2.75, 3.05) is 17.2 Å². The number of nitrogen functional groups attached to an aromatic ring is 1. The quantitative estimate of drug-likeness (QED) is 0.903. The first-order valence-electron chi connectivity index (χ1n) is 6.40. The first-order valence-corrected chi connectivity index (χ1v) is 7.55. The maximum atomic E-state index is 6.03. The molecule has 4 nitrogen and oxygen atoms in total. The van der Waals surface area contributed by atoms with E-state index in [0.29, 0.717) is 11.9 Å². The Morgan fingerprint density at radius 1 is 1.44 bits per heavy atom. The van der Waals surface area contributed by atoms with Crippen LogP contribution in [-0.2, 0) is 6.54 Å². The second kappa shape index (κ2) is 4.80. The molecule has 1 aliphatic heterocycles. The summed E-state index contributed by atoms with van der Waals surface area (Å²) in [5, 5.41) is 0. The van der Waals surface area contributed by atoms with E-state index in [1.807, 2.05) is 30.9 Å². The topological polar surface area (TPSA) is 56.7 Å². The average molecular weight is 262 g/mol. The normalized spacial score (nSPS) is 17.4. The van der Waals surface area contributed by atoms with Gasteiger partial charge in [-0.2, -0.15) is 11.8 Å². The van der Waals surface area contributed by atoms with E-state index in [1.54, 1.807) is 0 Å². The summed E-state index contributed by atoms with van der Waals surface area (Å²) < 4.78 is 2.08. The van der Waals surface area contributed by atoms with Crippen LogP contribution in [0, 0.1) is 12.8 Å². The number of nitrogens with two attached hydrogens (primary N) is 1. The second-order valence-corrected chi connectivity index (χ2v) is 6.22. The number of imidazole rings is 1. The Morgan fingerprint density at radius 2 is 2.22 bits per heavy atom. The lowest BCUT2D eigenvalue weighted by Gasteiger charge is -2.22. The van der Waals surface area contributed by atoms with Gasteiger partial charge in [0.1, 0.15) is 5.52 Å². The second-order valence-electron chi connectivity index (χ2n) is 4.99. The van der Waals surface area contributed by atoms with Gasteiger partial charge in [-0.3, -0.25) is 4.57 Å². The third kappa shape index (κ3) is 2.19. The van der Waals surface area contributed by atoms with Crippen molar-refractivity contribution in [2.45, 2.75) is 26.3 Å². The van der Waals surface area contributed by atoms with Crippen molar-refractivity contribution in [3.63, 3.8) is 0 Å². The number of hydrogen-bond donors (Lipinski definition) is 1. The van der Waals surface area contributed by atoms with Crippen molar-refractivity contribution < 1.29 is 0 Å². The molecule has 0 unspecified atom stereocenters. The molecular formula is C13H18N4S. The van der Waals surface area contributed by atoms with E-state index < -0.39 is 0 Å². The predicted molar refractivity (Wildman–Crippen MR) is 76.7 cm³/mol. The SMILES string of the molecule is Cc1cnc2c(c1)nc(N)n2CC1CCSCC1. The van der Waals surface area contributed by atoms with Crippen LogP contribution < -0.4 is 5.73 Å². The number of aryl methyl sites for hydroxylation is 1. The van der Waals surface area contributed by atoms with Crippen molar-refractivity contribution in [1.29, 1.82) is 0 Å². The summed E-state index contributed by atoms with van der Waals surface area (Å²) in [6, 6.07) is 2.05. The summed E-state index contributed by atoms with van der Waals surface area (Å²) in [4.78, 5) is 8.89. The van der Waals surface area contributed by atoms with Gasteiger partial charge < -0.3 is 5.73 Å². The highest BCUT2D eigenvalue weighted by molar-refractivity contribution is 7.99. The van der Waals surface area contributed by atoms with E-state index in [9.17, 15) is 0 Å². The van der Waals surface area contributed by atoms with Crippen molar-refractivity contribution in [3.05, 3.63) is 17.8 Å². The monoisotopic (exact) mass is 262 g/mol. The van der Waals surface area contributed by atoms with E-state index in [2.05, 4.69) is 14.5 Å². The Balaban J connectivity index is 1.92. The summed E-state index contributed by atoms with van der Waals surface area (Å²) in [5.74, 6) is 3.85. The lowest BCUT2D eigenvalue weighted by Crippen LogP contribution is -2.17. The van der Waals surface area contributed by atoms with E-state index in [1.165, 1.54) is 24.3 Å². The Morgan fingerprint density at radius 3 is 3.00 bits per heavy atom. The molecule has 96 valence electrons. The molecule has 0 radical (unpaired) electrons. The molecule has 1 saturated heterocycles. The summed E-state index contributed by atoms with van der Waals surface area (Å²) in [7, 11) is 0. The Kier molecular flexibility index (Phi) is 3.16. The summed E-state index contributed by atoms with van der Waals surface area (Å²) >= 11 is 2.05. The standard InChI is InChI=1S/C13H18N4S/c1-9-6-11-12(15-7-9)17(13(14)16-11)8-10-2-4-18-5-3-10/h6-7,10H,2-5,8H2,1H3,(H2,14,16). The Hall–Kier alpha value is -1.23. The van der Waals surface area contributed by atoms with Gasteiger partial charge in [-0.05, 0) is 48.8 Å². The van der Waals surface area contributed by atoms with Crippen LogP contribution in [-0.4, -0.2) is 26.0 Å². The lowest BCUT2D eigenvalue weighted by atomic mass is 10.0. The summed E-state index contributed by atoms with van der Waals surface area (Å²) in [6.07, 6.45) is 4.43. The zero-order valence-electron chi connectivity index (χ0n) is 10.6. The van der Waals surface area contributed by atoms with Gasteiger partial charge in [-0.15, -0.1) is 0 Å². The largest absolute Gasteiger partial charge is 0.369 e. The molecule has 0 aliphatic carbocycles. The maximum Gasteiger partial charge on any atom is 0.202 e. The molecule has 5 heteroatoms. The number of nitrogens with zero attached hydrogens (tertiary/aromatic N) is 3. The highest BCUT2D eigenvalue weighted by Crippen LogP contribution is 2.26. The van der Waals surface area contributed by atoms with Crippen LogP contribution in [0.15, 0.2) is 12.3 Å². The Bertz CT molecular complexity index is 557. The van der Waals surface area contributed by atoms with Crippen LogP contribution in [0.1, 0.15) is 18.4 Å². The van der Waals surface area contributed by atoms with Gasteiger partial charge in [0.05, 0.1) is 0 Å². The first kappa shape index (κ1) is 11.8. The number of anilines is 1. The van der Waals surface area contributed by atoms with Gasteiger partial charge in [0, 0.05) is 12.7 Å².